The van der Waals surface area contributed by atoms with Gasteiger partial charge in [0.15, 0.2) is 5.11 Å². The van der Waals surface area contributed by atoms with Crippen molar-refractivity contribution in [3.63, 3.8) is 0 Å². The quantitative estimate of drug-likeness (QED) is 0.501. The Balaban J connectivity index is 1.82. The van der Waals surface area contributed by atoms with Crippen molar-refractivity contribution < 1.29 is 14.3 Å². The van der Waals surface area contributed by atoms with Crippen molar-refractivity contribution in [2.75, 3.05) is 6.61 Å². The van der Waals surface area contributed by atoms with Crippen molar-refractivity contribution in [1.29, 1.82) is 0 Å². The van der Waals surface area contributed by atoms with E-state index in [-0.39, 0.29) is 11.9 Å². The van der Waals surface area contributed by atoms with Crippen LogP contribution in [0.2, 0.25) is 0 Å². The number of rotatable bonds is 7. The lowest BCUT2D eigenvalue weighted by atomic mass is 10.1. The van der Waals surface area contributed by atoms with Crippen molar-refractivity contribution in [3.8, 4) is 11.5 Å². The first kappa shape index (κ1) is 20.5. The summed E-state index contributed by atoms with van der Waals surface area (Å²) in [5.41, 5.74) is 6.72. The molecule has 2 rings (SSSR count). The molecule has 0 saturated carbocycles. The van der Waals surface area contributed by atoms with Crippen LogP contribution in [-0.2, 0) is 6.61 Å². The third kappa shape index (κ3) is 7.15. The van der Waals surface area contributed by atoms with Crippen LogP contribution in [0.1, 0.15) is 36.7 Å². The SMILES string of the molecule is CCOc1ccc(OCc2ccc(C(=O)NNC(=S)NC(C)C)cc2)cc1. The lowest BCUT2D eigenvalue weighted by Gasteiger charge is -2.14. The van der Waals surface area contributed by atoms with Crippen LogP contribution in [0.4, 0.5) is 0 Å². The maximum Gasteiger partial charge on any atom is 0.269 e. The second-order valence-electron chi connectivity index (χ2n) is 6.10. The predicted octanol–water partition coefficient (Wildman–Crippen LogP) is 3.18. The smallest absolute Gasteiger partial charge is 0.269 e. The first-order chi connectivity index (χ1) is 13.0. The van der Waals surface area contributed by atoms with Crippen LogP contribution in [0, 0.1) is 0 Å². The Morgan fingerprint density at radius 2 is 1.56 bits per heavy atom. The molecule has 0 aliphatic heterocycles. The minimum atomic E-state index is -0.262. The van der Waals surface area contributed by atoms with Crippen molar-refractivity contribution >= 4 is 23.2 Å². The molecule has 7 heteroatoms. The molecule has 1 amide bonds. The van der Waals surface area contributed by atoms with E-state index in [0.29, 0.717) is 23.9 Å². The van der Waals surface area contributed by atoms with E-state index >= 15 is 0 Å². The minimum Gasteiger partial charge on any atom is -0.494 e. The van der Waals surface area contributed by atoms with Gasteiger partial charge in [-0.15, -0.1) is 0 Å². The van der Waals surface area contributed by atoms with E-state index in [1.54, 1.807) is 12.1 Å². The van der Waals surface area contributed by atoms with Gasteiger partial charge in [0, 0.05) is 11.6 Å². The summed E-state index contributed by atoms with van der Waals surface area (Å²) >= 11 is 5.06. The highest BCUT2D eigenvalue weighted by Gasteiger charge is 2.06. The summed E-state index contributed by atoms with van der Waals surface area (Å²) < 4.78 is 11.1. The number of carbonyl (C=O) groups is 1. The molecular formula is C20H25N3O3S. The largest absolute Gasteiger partial charge is 0.494 e. The van der Waals surface area contributed by atoms with E-state index < -0.39 is 0 Å². The molecule has 3 N–H and O–H groups in total. The second kappa shape index (κ2) is 10.4. The summed E-state index contributed by atoms with van der Waals surface area (Å²) in [5.74, 6) is 1.31. The van der Waals surface area contributed by atoms with Crippen LogP contribution in [0.5, 0.6) is 11.5 Å². The first-order valence-electron chi connectivity index (χ1n) is 8.79. The molecular weight excluding hydrogens is 362 g/mol. The fraction of sp³-hybridized carbons (Fsp3) is 0.300. The fourth-order valence-electron chi connectivity index (χ4n) is 2.20. The van der Waals surface area contributed by atoms with Gasteiger partial charge in [-0.2, -0.15) is 0 Å². The molecule has 0 aliphatic carbocycles. The number of amides is 1. The molecule has 27 heavy (non-hydrogen) atoms. The van der Waals surface area contributed by atoms with Gasteiger partial charge in [-0.1, -0.05) is 12.1 Å². The van der Waals surface area contributed by atoms with Gasteiger partial charge in [-0.3, -0.25) is 15.6 Å². The van der Waals surface area contributed by atoms with Crippen molar-refractivity contribution in [2.24, 2.45) is 0 Å². The highest BCUT2D eigenvalue weighted by molar-refractivity contribution is 7.80. The Morgan fingerprint density at radius 1 is 0.963 bits per heavy atom. The Bertz CT molecular complexity index is 746. The Hall–Kier alpha value is -2.80. The van der Waals surface area contributed by atoms with Crippen LogP contribution in [0.15, 0.2) is 48.5 Å². The van der Waals surface area contributed by atoms with Gasteiger partial charge in [0.25, 0.3) is 5.91 Å². The van der Waals surface area contributed by atoms with Crippen LogP contribution in [0.25, 0.3) is 0 Å². The van der Waals surface area contributed by atoms with E-state index in [1.165, 1.54) is 0 Å². The van der Waals surface area contributed by atoms with Crippen LogP contribution in [0.3, 0.4) is 0 Å². The Labute approximate surface area is 165 Å². The van der Waals surface area contributed by atoms with E-state index in [2.05, 4.69) is 16.2 Å². The zero-order valence-electron chi connectivity index (χ0n) is 15.7. The van der Waals surface area contributed by atoms with Gasteiger partial charge >= 0.3 is 0 Å². The van der Waals surface area contributed by atoms with Crippen LogP contribution < -0.4 is 25.6 Å². The molecule has 2 aromatic rings. The summed E-state index contributed by atoms with van der Waals surface area (Å²) in [6.07, 6.45) is 0. The zero-order chi connectivity index (χ0) is 19.6. The predicted molar refractivity (Wildman–Crippen MR) is 110 cm³/mol. The van der Waals surface area contributed by atoms with Crippen LogP contribution >= 0.6 is 12.2 Å². The van der Waals surface area contributed by atoms with Crippen molar-refractivity contribution in [3.05, 3.63) is 59.7 Å². The minimum absolute atomic E-state index is 0.191. The van der Waals surface area contributed by atoms with Gasteiger partial charge in [-0.05, 0) is 75.0 Å². The zero-order valence-corrected chi connectivity index (χ0v) is 16.6. The summed E-state index contributed by atoms with van der Waals surface area (Å²) in [6.45, 7) is 6.92. The standard InChI is InChI=1S/C20H25N3O3S/c1-4-25-17-9-11-18(12-10-17)26-13-15-5-7-16(8-6-15)19(24)22-23-20(27)21-14(2)3/h5-12,14H,4,13H2,1-3H3,(H,22,24)(H2,21,23,27). The second-order valence-corrected chi connectivity index (χ2v) is 6.51. The third-order valence-electron chi connectivity index (χ3n) is 3.47. The molecule has 2 aromatic carbocycles. The monoisotopic (exact) mass is 387 g/mol. The van der Waals surface area contributed by atoms with E-state index in [1.807, 2.05) is 57.2 Å². The van der Waals surface area contributed by atoms with Gasteiger partial charge in [0.1, 0.15) is 18.1 Å². The molecule has 0 bridgehead atoms. The maximum atomic E-state index is 12.1. The molecule has 0 aromatic heterocycles. The molecule has 0 atom stereocenters. The lowest BCUT2D eigenvalue weighted by molar-refractivity contribution is 0.0943. The number of thiocarbonyl (C=S) groups is 1. The Kier molecular flexibility index (Phi) is 7.88. The number of hydrazine groups is 1. The third-order valence-corrected chi connectivity index (χ3v) is 3.69. The molecule has 144 valence electrons. The number of carbonyl (C=O) groups excluding carboxylic acids is 1. The van der Waals surface area contributed by atoms with E-state index in [4.69, 9.17) is 21.7 Å². The molecule has 0 unspecified atom stereocenters. The number of hydrogen-bond acceptors (Lipinski definition) is 4. The lowest BCUT2D eigenvalue weighted by Crippen LogP contribution is -2.48. The molecule has 0 spiro atoms. The van der Waals surface area contributed by atoms with Gasteiger partial charge < -0.3 is 14.8 Å². The molecule has 0 radical (unpaired) electrons. The normalized spacial score (nSPS) is 10.2. The maximum absolute atomic E-state index is 12.1. The molecule has 0 aliphatic rings. The summed E-state index contributed by atoms with van der Waals surface area (Å²) in [7, 11) is 0. The van der Waals surface area contributed by atoms with Crippen molar-refractivity contribution in [2.45, 2.75) is 33.4 Å². The van der Waals surface area contributed by atoms with Crippen LogP contribution in [-0.4, -0.2) is 23.7 Å². The number of ether oxygens (including phenoxy) is 2. The average molecular weight is 388 g/mol. The summed E-state index contributed by atoms with van der Waals surface area (Å²) in [5, 5.41) is 3.36. The number of nitrogens with one attached hydrogen (secondary N) is 3. The van der Waals surface area contributed by atoms with Gasteiger partial charge in [0.05, 0.1) is 6.61 Å². The summed E-state index contributed by atoms with van der Waals surface area (Å²) in [4.78, 5) is 12.1. The molecule has 0 fully saturated rings. The van der Waals surface area contributed by atoms with E-state index in [0.717, 1.165) is 17.1 Å². The van der Waals surface area contributed by atoms with E-state index in [9.17, 15) is 4.79 Å². The van der Waals surface area contributed by atoms with Crippen molar-refractivity contribution in [1.82, 2.24) is 16.2 Å². The highest BCUT2D eigenvalue weighted by atomic mass is 32.1. The fourth-order valence-corrected chi connectivity index (χ4v) is 2.49. The Morgan fingerprint density at radius 3 is 2.11 bits per heavy atom. The van der Waals surface area contributed by atoms with Gasteiger partial charge in [0.2, 0.25) is 0 Å². The topological polar surface area (TPSA) is 71.6 Å². The number of benzene rings is 2. The first-order valence-corrected chi connectivity index (χ1v) is 9.20. The van der Waals surface area contributed by atoms with Gasteiger partial charge in [-0.25, -0.2) is 0 Å². The number of hydrogen-bond donors (Lipinski definition) is 3. The molecule has 0 saturated heterocycles. The molecule has 0 heterocycles. The summed E-state index contributed by atoms with van der Waals surface area (Å²) in [6, 6.07) is 14.9. The molecule has 6 nitrogen and oxygen atoms in total. The average Bonchev–Trinajstić information content (AvgIpc) is 2.66. The highest BCUT2D eigenvalue weighted by Crippen LogP contribution is 2.18.